The molecule has 0 fully saturated rings. The van der Waals surface area contributed by atoms with Crippen LogP contribution in [0.25, 0.3) is 0 Å². The largest absolute Gasteiger partial charge is 0.496 e. The number of aryl methyl sites for hydroxylation is 1. The van der Waals surface area contributed by atoms with E-state index < -0.39 is 0 Å². The first kappa shape index (κ1) is 13.0. The minimum absolute atomic E-state index is 0.165. The van der Waals surface area contributed by atoms with Crippen LogP contribution in [-0.4, -0.2) is 7.11 Å². The summed E-state index contributed by atoms with van der Waals surface area (Å²) in [4.78, 5) is 0. The zero-order valence-electron chi connectivity index (χ0n) is 10.7. The van der Waals surface area contributed by atoms with Crippen molar-refractivity contribution in [1.29, 1.82) is 0 Å². The summed E-state index contributed by atoms with van der Waals surface area (Å²) in [5.41, 5.74) is 1.09. The molecule has 1 atom stereocenters. The molecule has 2 rings (SSSR count). The fourth-order valence-corrected chi connectivity index (χ4v) is 2.20. The van der Waals surface area contributed by atoms with Crippen molar-refractivity contribution in [2.45, 2.75) is 25.1 Å². The molecule has 96 valence electrons. The van der Waals surface area contributed by atoms with Gasteiger partial charge in [0.25, 0.3) is 0 Å². The fourth-order valence-electron chi connectivity index (χ4n) is 1.92. The molecule has 2 nitrogen and oxygen atoms in total. The second-order valence-corrected chi connectivity index (χ2v) is 4.67. The van der Waals surface area contributed by atoms with Crippen LogP contribution < -0.4 is 4.74 Å². The molecular weight excluding hydrogens is 248 g/mol. The SMILES string of the molecule is CCc1ccc(C(Cl)Cc2ccccc2OC)o1. The molecule has 0 saturated heterocycles. The van der Waals surface area contributed by atoms with E-state index in [9.17, 15) is 0 Å². The van der Waals surface area contributed by atoms with E-state index in [0.717, 1.165) is 29.3 Å². The van der Waals surface area contributed by atoms with Crippen LogP contribution in [0.5, 0.6) is 5.75 Å². The molecule has 0 bridgehead atoms. The van der Waals surface area contributed by atoms with E-state index in [-0.39, 0.29) is 5.38 Å². The Labute approximate surface area is 113 Å². The number of rotatable bonds is 5. The van der Waals surface area contributed by atoms with E-state index in [1.165, 1.54) is 0 Å². The minimum atomic E-state index is -0.165. The van der Waals surface area contributed by atoms with Crippen LogP contribution in [0.1, 0.15) is 29.4 Å². The highest BCUT2D eigenvalue weighted by molar-refractivity contribution is 6.20. The quantitative estimate of drug-likeness (QED) is 0.748. The molecule has 0 aliphatic heterocycles. The molecule has 3 heteroatoms. The number of methoxy groups -OCH3 is 1. The molecule has 0 amide bonds. The van der Waals surface area contributed by atoms with Crippen molar-refractivity contribution in [2.24, 2.45) is 0 Å². The van der Waals surface area contributed by atoms with Gasteiger partial charge in [-0.1, -0.05) is 25.1 Å². The monoisotopic (exact) mass is 264 g/mol. The summed E-state index contributed by atoms with van der Waals surface area (Å²) in [6, 6.07) is 11.8. The van der Waals surface area contributed by atoms with Gasteiger partial charge in [-0.25, -0.2) is 0 Å². The predicted molar refractivity (Wildman–Crippen MR) is 73.4 cm³/mol. The Kier molecular flexibility index (Phi) is 4.32. The number of para-hydroxylation sites is 1. The van der Waals surface area contributed by atoms with Crippen molar-refractivity contribution in [3.8, 4) is 5.75 Å². The maximum absolute atomic E-state index is 6.39. The normalized spacial score (nSPS) is 12.4. The first-order chi connectivity index (χ1) is 8.74. The average molecular weight is 265 g/mol. The van der Waals surface area contributed by atoms with Crippen LogP contribution in [0.2, 0.25) is 0 Å². The Morgan fingerprint density at radius 2 is 2.00 bits per heavy atom. The van der Waals surface area contributed by atoms with Crippen LogP contribution in [0, 0.1) is 0 Å². The molecule has 1 heterocycles. The fraction of sp³-hybridized carbons (Fsp3) is 0.333. The number of hydrogen-bond donors (Lipinski definition) is 0. The third-order valence-electron chi connectivity index (χ3n) is 2.93. The molecule has 0 radical (unpaired) electrons. The zero-order valence-corrected chi connectivity index (χ0v) is 11.4. The number of benzene rings is 1. The number of hydrogen-bond acceptors (Lipinski definition) is 2. The summed E-state index contributed by atoms with van der Waals surface area (Å²) in [6.45, 7) is 2.06. The summed E-state index contributed by atoms with van der Waals surface area (Å²) in [7, 11) is 1.67. The summed E-state index contributed by atoms with van der Waals surface area (Å²) < 4.78 is 11.0. The molecule has 1 aromatic carbocycles. The lowest BCUT2D eigenvalue weighted by molar-refractivity contribution is 0.407. The van der Waals surface area contributed by atoms with Gasteiger partial charge in [0.05, 0.1) is 12.5 Å². The van der Waals surface area contributed by atoms with Crippen LogP contribution in [0.15, 0.2) is 40.8 Å². The van der Waals surface area contributed by atoms with Crippen LogP contribution in [-0.2, 0) is 12.8 Å². The van der Waals surface area contributed by atoms with E-state index in [4.69, 9.17) is 20.8 Å². The van der Waals surface area contributed by atoms with Gasteiger partial charge in [-0.05, 0) is 30.2 Å². The van der Waals surface area contributed by atoms with Crippen molar-refractivity contribution < 1.29 is 9.15 Å². The van der Waals surface area contributed by atoms with Gasteiger partial charge < -0.3 is 9.15 Å². The Morgan fingerprint density at radius 1 is 1.22 bits per heavy atom. The van der Waals surface area contributed by atoms with Gasteiger partial charge in [0.1, 0.15) is 17.3 Å². The van der Waals surface area contributed by atoms with Gasteiger partial charge in [-0.3, -0.25) is 0 Å². The molecule has 0 N–H and O–H groups in total. The molecular formula is C15H17ClO2. The lowest BCUT2D eigenvalue weighted by Gasteiger charge is -2.10. The van der Waals surface area contributed by atoms with E-state index in [2.05, 4.69) is 6.92 Å². The van der Waals surface area contributed by atoms with Gasteiger partial charge in [0.2, 0.25) is 0 Å². The molecule has 18 heavy (non-hydrogen) atoms. The van der Waals surface area contributed by atoms with Crippen molar-refractivity contribution in [1.82, 2.24) is 0 Å². The van der Waals surface area contributed by atoms with Crippen molar-refractivity contribution >= 4 is 11.6 Å². The lowest BCUT2D eigenvalue weighted by Crippen LogP contribution is -1.97. The summed E-state index contributed by atoms with van der Waals surface area (Å²) >= 11 is 6.39. The number of ether oxygens (including phenoxy) is 1. The van der Waals surface area contributed by atoms with E-state index in [0.29, 0.717) is 6.42 Å². The second kappa shape index (κ2) is 5.96. The third-order valence-corrected chi connectivity index (χ3v) is 3.30. The molecule has 2 aromatic rings. The van der Waals surface area contributed by atoms with E-state index in [1.807, 2.05) is 36.4 Å². The van der Waals surface area contributed by atoms with Crippen molar-refractivity contribution in [3.63, 3.8) is 0 Å². The molecule has 0 aliphatic rings. The number of alkyl halides is 1. The van der Waals surface area contributed by atoms with Crippen LogP contribution >= 0.6 is 11.6 Å². The molecule has 0 spiro atoms. The number of halogens is 1. The van der Waals surface area contributed by atoms with Gasteiger partial charge >= 0.3 is 0 Å². The van der Waals surface area contributed by atoms with Crippen LogP contribution in [0.4, 0.5) is 0 Å². The van der Waals surface area contributed by atoms with Crippen molar-refractivity contribution in [2.75, 3.05) is 7.11 Å². The Hall–Kier alpha value is -1.41. The highest BCUT2D eigenvalue weighted by Crippen LogP contribution is 2.30. The lowest BCUT2D eigenvalue weighted by atomic mass is 10.1. The highest BCUT2D eigenvalue weighted by Gasteiger charge is 2.15. The maximum atomic E-state index is 6.39. The van der Waals surface area contributed by atoms with Gasteiger partial charge in [-0.15, -0.1) is 11.6 Å². The Bertz CT molecular complexity index is 505. The third kappa shape index (κ3) is 2.88. The van der Waals surface area contributed by atoms with Crippen LogP contribution in [0.3, 0.4) is 0 Å². The molecule has 0 aliphatic carbocycles. The standard InChI is InChI=1S/C15H17ClO2/c1-3-12-8-9-15(18-12)13(16)10-11-6-4-5-7-14(11)17-2/h4-9,13H,3,10H2,1-2H3. The molecule has 0 saturated carbocycles. The smallest absolute Gasteiger partial charge is 0.122 e. The number of furan rings is 1. The first-order valence-electron chi connectivity index (χ1n) is 6.09. The first-order valence-corrected chi connectivity index (χ1v) is 6.52. The zero-order chi connectivity index (χ0) is 13.0. The van der Waals surface area contributed by atoms with Gasteiger partial charge in [-0.2, -0.15) is 0 Å². The molecule has 1 unspecified atom stereocenters. The maximum Gasteiger partial charge on any atom is 0.122 e. The topological polar surface area (TPSA) is 22.4 Å². The van der Waals surface area contributed by atoms with Crippen molar-refractivity contribution in [3.05, 3.63) is 53.5 Å². The average Bonchev–Trinajstić information content (AvgIpc) is 2.88. The Morgan fingerprint density at radius 3 is 2.67 bits per heavy atom. The summed E-state index contributed by atoms with van der Waals surface area (Å²) in [5, 5.41) is -0.165. The second-order valence-electron chi connectivity index (χ2n) is 4.14. The Balaban J connectivity index is 2.13. The van der Waals surface area contributed by atoms with E-state index in [1.54, 1.807) is 7.11 Å². The predicted octanol–water partition coefficient (Wildman–Crippen LogP) is 4.37. The minimum Gasteiger partial charge on any atom is -0.496 e. The van der Waals surface area contributed by atoms with Gasteiger partial charge in [0, 0.05) is 6.42 Å². The van der Waals surface area contributed by atoms with Gasteiger partial charge in [0.15, 0.2) is 0 Å². The summed E-state index contributed by atoms with van der Waals surface area (Å²) in [6.07, 6.45) is 1.58. The molecule has 1 aromatic heterocycles. The summed E-state index contributed by atoms with van der Waals surface area (Å²) in [5.74, 6) is 2.65. The van der Waals surface area contributed by atoms with E-state index >= 15 is 0 Å². The highest BCUT2D eigenvalue weighted by atomic mass is 35.5.